The van der Waals surface area contributed by atoms with Gasteiger partial charge in [0.15, 0.2) is 16.6 Å². The topological polar surface area (TPSA) is 97.8 Å². The summed E-state index contributed by atoms with van der Waals surface area (Å²) in [5.41, 5.74) is 1.48. The number of fused-ring (bicyclic) bond motifs is 1. The van der Waals surface area contributed by atoms with Crippen LogP contribution in [0.3, 0.4) is 0 Å². The van der Waals surface area contributed by atoms with Gasteiger partial charge in [-0.2, -0.15) is 0 Å². The zero-order valence-corrected chi connectivity index (χ0v) is 18.3. The van der Waals surface area contributed by atoms with Gasteiger partial charge in [-0.05, 0) is 38.0 Å². The van der Waals surface area contributed by atoms with E-state index in [2.05, 4.69) is 10.3 Å². The van der Waals surface area contributed by atoms with Crippen molar-refractivity contribution >= 4 is 34.2 Å². The van der Waals surface area contributed by atoms with Gasteiger partial charge in [0.2, 0.25) is 17.7 Å². The van der Waals surface area contributed by atoms with E-state index in [-0.39, 0.29) is 23.7 Å². The summed E-state index contributed by atoms with van der Waals surface area (Å²) >= 11 is 1.26. The number of amides is 3. The Bertz CT molecular complexity index is 1040. The molecule has 0 saturated carbocycles. The minimum atomic E-state index is -0.904. The van der Waals surface area contributed by atoms with Gasteiger partial charge in [0, 0.05) is 10.9 Å². The summed E-state index contributed by atoms with van der Waals surface area (Å²) in [7, 11) is 3.12. The summed E-state index contributed by atoms with van der Waals surface area (Å²) in [5, 5.41) is 4.94. The molecular formula is C22H23N3O5S. The molecule has 8 nitrogen and oxygen atoms in total. The van der Waals surface area contributed by atoms with Gasteiger partial charge in [0.1, 0.15) is 6.04 Å². The number of carbonyl (C=O) groups excluding carboxylic acids is 3. The SMILES string of the molecule is COc1ccc(-c2csc(NC(=O)[C@@H](C)N3C(=O)[C@H]4CC=CC[C@H]4C3=O)n2)cc1OC. The quantitative estimate of drug-likeness (QED) is 0.546. The minimum Gasteiger partial charge on any atom is -0.493 e. The highest BCUT2D eigenvalue weighted by atomic mass is 32.1. The van der Waals surface area contributed by atoms with Crippen molar-refractivity contribution in [3.63, 3.8) is 0 Å². The van der Waals surface area contributed by atoms with E-state index in [4.69, 9.17) is 9.47 Å². The van der Waals surface area contributed by atoms with E-state index in [0.29, 0.717) is 35.2 Å². The van der Waals surface area contributed by atoms with E-state index in [1.165, 1.54) is 11.3 Å². The molecule has 0 spiro atoms. The number of methoxy groups -OCH3 is 2. The standard InChI is InChI=1S/C22H23N3O5S/c1-12(25-20(27)14-6-4-5-7-15(14)21(25)28)19(26)24-22-23-16(11-31-22)13-8-9-17(29-2)18(10-13)30-3/h4-5,8-12,14-15H,6-7H2,1-3H3,(H,23,24,26)/t12-,14-,15+/m1/s1. The predicted octanol–water partition coefficient (Wildman–Crippen LogP) is 3.11. The first-order valence-corrected chi connectivity index (χ1v) is 10.8. The maximum Gasteiger partial charge on any atom is 0.249 e. The number of anilines is 1. The molecule has 2 aliphatic rings. The number of allylic oxidation sites excluding steroid dienone is 2. The van der Waals surface area contributed by atoms with Crippen LogP contribution in [0.5, 0.6) is 11.5 Å². The normalized spacial score (nSPS) is 21.1. The van der Waals surface area contributed by atoms with Crippen LogP contribution in [-0.4, -0.2) is 47.9 Å². The van der Waals surface area contributed by atoms with Crippen LogP contribution in [0.25, 0.3) is 11.3 Å². The van der Waals surface area contributed by atoms with Crippen LogP contribution >= 0.6 is 11.3 Å². The van der Waals surface area contributed by atoms with Crippen molar-refractivity contribution < 1.29 is 23.9 Å². The first-order chi connectivity index (χ1) is 14.9. The molecule has 2 heterocycles. The Kier molecular flexibility index (Phi) is 5.77. The Morgan fingerprint density at radius 1 is 1.13 bits per heavy atom. The van der Waals surface area contributed by atoms with Crippen molar-refractivity contribution in [1.82, 2.24) is 9.88 Å². The van der Waals surface area contributed by atoms with E-state index in [0.717, 1.165) is 10.5 Å². The van der Waals surface area contributed by atoms with E-state index in [9.17, 15) is 14.4 Å². The van der Waals surface area contributed by atoms with Crippen molar-refractivity contribution in [2.45, 2.75) is 25.8 Å². The molecule has 1 aromatic heterocycles. The minimum absolute atomic E-state index is 0.271. The molecule has 0 radical (unpaired) electrons. The average molecular weight is 442 g/mol. The third-order valence-corrected chi connectivity index (χ3v) is 6.48. The molecule has 1 saturated heterocycles. The van der Waals surface area contributed by atoms with Crippen LogP contribution in [0.4, 0.5) is 5.13 Å². The molecule has 2 aromatic rings. The van der Waals surface area contributed by atoms with Crippen LogP contribution in [-0.2, 0) is 14.4 Å². The molecule has 3 amide bonds. The summed E-state index contributed by atoms with van der Waals surface area (Å²) in [6.07, 6.45) is 4.93. The Morgan fingerprint density at radius 2 is 1.77 bits per heavy atom. The number of rotatable bonds is 6. The highest BCUT2D eigenvalue weighted by molar-refractivity contribution is 7.14. The molecule has 31 heavy (non-hydrogen) atoms. The Morgan fingerprint density at radius 3 is 2.39 bits per heavy atom. The lowest BCUT2D eigenvalue weighted by atomic mass is 9.85. The number of carbonyl (C=O) groups is 3. The lowest BCUT2D eigenvalue weighted by Gasteiger charge is -2.21. The zero-order chi connectivity index (χ0) is 22.1. The molecule has 1 fully saturated rings. The van der Waals surface area contributed by atoms with Gasteiger partial charge in [-0.15, -0.1) is 11.3 Å². The Labute approximate surface area is 183 Å². The molecule has 3 atom stereocenters. The lowest BCUT2D eigenvalue weighted by Crippen LogP contribution is -2.46. The number of nitrogens with zero attached hydrogens (tertiary/aromatic N) is 2. The van der Waals surface area contributed by atoms with E-state index >= 15 is 0 Å². The molecular weight excluding hydrogens is 418 g/mol. The van der Waals surface area contributed by atoms with E-state index in [1.54, 1.807) is 33.3 Å². The number of thiazole rings is 1. The van der Waals surface area contributed by atoms with Gasteiger partial charge in [-0.25, -0.2) is 4.98 Å². The van der Waals surface area contributed by atoms with Crippen LogP contribution < -0.4 is 14.8 Å². The van der Waals surface area contributed by atoms with E-state index in [1.807, 2.05) is 23.6 Å². The smallest absolute Gasteiger partial charge is 0.249 e. The number of hydrogen-bond acceptors (Lipinski definition) is 7. The summed E-state index contributed by atoms with van der Waals surface area (Å²) < 4.78 is 10.6. The molecule has 1 N–H and O–H groups in total. The first kappa shape index (κ1) is 21.0. The summed E-state index contributed by atoms with van der Waals surface area (Å²) in [4.78, 5) is 43.8. The second-order valence-corrected chi connectivity index (χ2v) is 8.33. The summed E-state index contributed by atoms with van der Waals surface area (Å²) in [5.74, 6) is -0.511. The fourth-order valence-electron chi connectivity index (χ4n) is 3.99. The van der Waals surface area contributed by atoms with Gasteiger partial charge in [0.05, 0.1) is 31.7 Å². The van der Waals surface area contributed by atoms with Crippen LogP contribution in [0.2, 0.25) is 0 Å². The summed E-state index contributed by atoms with van der Waals surface area (Å²) in [6.45, 7) is 1.57. The van der Waals surface area contributed by atoms with Gasteiger partial charge in [-0.1, -0.05) is 12.2 Å². The van der Waals surface area contributed by atoms with Crippen molar-refractivity contribution in [2.24, 2.45) is 11.8 Å². The van der Waals surface area contributed by atoms with Crippen molar-refractivity contribution in [3.05, 3.63) is 35.7 Å². The second-order valence-electron chi connectivity index (χ2n) is 7.48. The summed E-state index contributed by atoms with van der Waals surface area (Å²) in [6, 6.07) is 4.53. The van der Waals surface area contributed by atoms with Crippen molar-refractivity contribution in [1.29, 1.82) is 0 Å². The number of aromatic nitrogens is 1. The highest BCUT2D eigenvalue weighted by Crippen LogP contribution is 2.37. The number of imide groups is 1. The van der Waals surface area contributed by atoms with Crippen molar-refractivity contribution in [2.75, 3.05) is 19.5 Å². The Hall–Kier alpha value is -3.20. The monoisotopic (exact) mass is 441 g/mol. The van der Waals surface area contributed by atoms with Crippen LogP contribution in [0.15, 0.2) is 35.7 Å². The zero-order valence-electron chi connectivity index (χ0n) is 17.5. The predicted molar refractivity (Wildman–Crippen MR) is 116 cm³/mol. The van der Waals surface area contributed by atoms with Gasteiger partial charge in [-0.3, -0.25) is 19.3 Å². The maximum atomic E-state index is 12.8. The molecule has 9 heteroatoms. The molecule has 162 valence electrons. The fraction of sp³-hybridized carbons (Fsp3) is 0.364. The van der Waals surface area contributed by atoms with Crippen LogP contribution in [0, 0.1) is 11.8 Å². The lowest BCUT2D eigenvalue weighted by molar-refractivity contribution is -0.146. The second kappa shape index (κ2) is 8.50. The number of nitrogens with one attached hydrogen (secondary N) is 1. The van der Waals surface area contributed by atoms with Gasteiger partial charge >= 0.3 is 0 Å². The average Bonchev–Trinajstić information content (AvgIpc) is 3.35. The molecule has 0 unspecified atom stereocenters. The van der Waals surface area contributed by atoms with E-state index < -0.39 is 11.9 Å². The first-order valence-electron chi connectivity index (χ1n) is 9.95. The number of likely N-dealkylation sites (tertiary alicyclic amines) is 1. The third-order valence-electron chi connectivity index (χ3n) is 5.72. The Balaban J connectivity index is 1.47. The highest BCUT2D eigenvalue weighted by Gasteiger charge is 2.50. The molecule has 1 aliphatic carbocycles. The molecule has 1 aliphatic heterocycles. The molecule has 4 rings (SSSR count). The van der Waals surface area contributed by atoms with Crippen LogP contribution in [0.1, 0.15) is 19.8 Å². The van der Waals surface area contributed by atoms with Gasteiger partial charge < -0.3 is 14.8 Å². The fourth-order valence-corrected chi connectivity index (χ4v) is 4.72. The van der Waals surface area contributed by atoms with Gasteiger partial charge in [0.25, 0.3) is 0 Å². The largest absolute Gasteiger partial charge is 0.493 e. The maximum absolute atomic E-state index is 12.8. The van der Waals surface area contributed by atoms with Crippen molar-refractivity contribution in [3.8, 4) is 22.8 Å². The number of ether oxygens (including phenoxy) is 2. The number of hydrogen-bond donors (Lipinski definition) is 1. The third kappa shape index (κ3) is 3.81. The number of benzene rings is 1. The molecule has 0 bridgehead atoms. The molecule has 1 aromatic carbocycles.